The molecule has 0 spiro atoms. The van der Waals surface area contributed by atoms with Gasteiger partial charge in [0.15, 0.2) is 0 Å². The highest BCUT2D eigenvalue weighted by Gasteiger charge is 2.18. The number of hydrogen-bond acceptors (Lipinski definition) is 6. The molecule has 2 heterocycles. The van der Waals surface area contributed by atoms with Crippen LogP contribution in [0.5, 0.6) is 0 Å². The van der Waals surface area contributed by atoms with Crippen molar-refractivity contribution in [2.24, 2.45) is 5.16 Å². The van der Waals surface area contributed by atoms with E-state index in [-0.39, 0.29) is 0 Å². The van der Waals surface area contributed by atoms with Crippen molar-refractivity contribution in [2.45, 2.75) is 12.8 Å². The monoisotopic (exact) mass is 221 g/mol. The molecule has 2 N–H and O–H groups in total. The van der Waals surface area contributed by atoms with E-state index < -0.39 is 0 Å². The summed E-state index contributed by atoms with van der Waals surface area (Å²) in [5.74, 6) is 1.27. The lowest BCUT2D eigenvalue weighted by Crippen LogP contribution is -2.21. The predicted molar refractivity (Wildman–Crippen MR) is 62.5 cm³/mol. The van der Waals surface area contributed by atoms with Crippen molar-refractivity contribution in [2.75, 3.05) is 30.8 Å². The number of anilines is 2. The average molecular weight is 221 g/mol. The van der Waals surface area contributed by atoms with Gasteiger partial charge in [0.2, 0.25) is 0 Å². The maximum Gasteiger partial charge on any atom is 0.143 e. The third-order valence-electron chi connectivity index (χ3n) is 2.59. The summed E-state index contributed by atoms with van der Waals surface area (Å²) in [7, 11) is 1.49. The summed E-state index contributed by atoms with van der Waals surface area (Å²) in [5, 5.41) is 3.72. The van der Waals surface area contributed by atoms with Crippen molar-refractivity contribution in [3.8, 4) is 0 Å². The van der Waals surface area contributed by atoms with E-state index in [1.54, 1.807) is 6.21 Å². The maximum atomic E-state index is 5.81. The molecule has 2 rings (SSSR count). The van der Waals surface area contributed by atoms with Gasteiger partial charge in [0, 0.05) is 13.1 Å². The van der Waals surface area contributed by atoms with E-state index in [2.05, 4.69) is 24.9 Å². The van der Waals surface area contributed by atoms with Crippen molar-refractivity contribution in [3.63, 3.8) is 0 Å². The first-order valence-corrected chi connectivity index (χ1v) is 5.25. The fourth-order valence-corrected chi connectivity index (χ4v) is 1.81. The van der Waals surface area contributed by atoms with Crippen LogP contribution in [0.2, 0.25) is 0 Å². The summed E-state index contributed by atoms with van der Waals surface area (Å²) in [6, 6.07) is 0. The van der Waals surface area contributed by atoms with Gasteiger partial charge in [0.25, 0.3) is 0 Å². The van der Waals surface area contributed by atoms with Crippen molar-refractivity contribution in [3.05, 3.63) is 11.9 Å². The Kier molecular flexibility index (Phi) is 3.19. The van der Waals surface area contributed by atoms with Crippen LogP contribution >= 0.6 is 0 Å². The van der Waals surface area contributed by atoms with Gasteiger partial charge in [-0.1, -0.05) is 5.16 Å². The molecule has 0 amide bonds. The Bertz CT molecular complexity index is 387. The van der Waals surface area contributed by atoms with Crippen molar-refractivity contribution >= 4 is 17.9 Å². The van der Waals surface area contributed by atoms with Crippen LogP contribution in [-0.4, -0.2) is 36.4 Å². The van der Waals surface area contributed by atoms with Crippen LogP contribution in [0.25, 0.3) is 0 Å². The molecule has 0 bridgehead atoms. The molecule has 1 fully saturated rings. The summed E-state index contributed by atoms with van der Waals surface area (Å²) in [4.78, 5) is 15.1. The SMILES string of the molecule is CO/N=C/c1c(N)ncnc1N1CCCC1. The fraction of sp³-hybridized carbons (Fsp3) is 0.500. The van der Waals surface area contributed by atoms with Crippen LogP contribution in [0.4, 0.5) is 11.6 Å². The highest BCUT2D eigenvalue weighted by Crippen LogP contribution is 2.23. The molecule has 1 aromatic heterocycles. The van der Waals surface area contributed by atoms with E-state index in [9.17, 15) is 0 Å². The lowest BCUT2D eigenvalue weighted by atomic mass is 10.3. The number of oxime groups is 1. The molecule has 6 heteroatoms. The lowest BCUT2D eigenvalue weighted by Gasteiger charge is -2.18. The molecule has 0 aromatic carbocycles. The molecule has 86 valence electrons. The van der Waals surface area contributed by atoms with Gasteiger partial charge in [-0.05, 0) is 12.8 Å². The summed E-state index contributed by atoms with van der Waals surface area (Å²) in [5.41, 5.74) is 6.53. The van der Waals surface area contributed by atoms with Crippen LogP contribution in [0.1, 0.15) is 18.4 Å². The van der Waals surface area contributed by atoms with Gasteiger partial charge >= 0.3 is 0 Å². The van der Waals surface area contributed by atoms with E-state index in [1.807, 2.05) is 0 Å². The first kappa shape index (κ1) is 10.7. The van der Waals surface area contributed by atoms with E-state index in [0.29, 0.717) is 5.82 Å². The molecule has 1 saturated heterocycles. The molecule has 6 nitrogen and oxygen atoms in total. The van der Waals surface area contributed by atoms with E-state index in [4.69, 9.17) is 5.73 Å². The van der Waals surface area contributed by atoms with Gasteiger partial charge in [-0.3, -0.25) is 0 Å². The highest BCUT2D eigenvalue weighted by atomic mass is 16.6. The molecule has 0 saturated carbocycles. The Balaban J connectivity index is 2.35. The summed E-state index contributed by atoms with van der Waals surface area (Å²) >= 11 is 0. The van der Waals surface area contributed by atoms with Gasteiger partial charge in [0.05, 0.1) is 11.8 Å². The van der Waals surface area contributed by atoms with Gasteiger partial charge in [-0.15, -0.1) is 0 Å². The number of rotatable bonds is 3. The van der Waals surface area contributed by atoms with Crippen molar-refractivity contribution < 1.29 is 4.84 Å². The first-order valence-electron chi connectivity index (χ1n) is 5.25. The zero-order valence-corrected chi connectivity index (χ0v) is 9.26. The number of nitrogen functional groups attached to an aromatic ring is 1. The Labute approximate surface area is 94.1 Å². The minimum absolute atomic E-state index is 0.428. The number of hydrogen-bond donors (Lipinski definition) is 1. The van der Waals surface area contributed by atoms with Crippen LogP contribution < -0.4 is 10.6 Å². The van der Waals surface area contributed by atoms with Gasteiger partial charge < -0.3 is 15.5 Å². The lowest BCUT2D eigenvalue weighted by molar-refractivity contribution is 0.215. The van der Waals surface area contributed by atoms with Gasteiger partial charge in [-0.2, -0.15) is 0 Å². The summed E-state index contributed by atoms with van der Waals surface area (Å²) in [6.07, 6.45) is 5.41. The van der Waals surface area contributed by atoms with Crippen LogP contribution in [0.3, 0.4) is 0 Å². The Morgan fingerprint density at radius 1 is 1.44 bits per heavy atom. The molecule has 0 unspecified atom stereocenters. The fourth-order valence-electron chi connectivity index (χ4n) is 1.81. The average Bonchev–Trinajstić information content (AvgIpc) is 2.80. The third kappa shape index (κ3) is 2.05. The molecule has 1 aliphatic rings. The van der Waals surface area contributed by atoms with Gasteiger partial charge in [-0.25, -0.2) is 9.97 Å². The Morgan fingerprint density at radius 3 is 2.88 bits per heavy atom. The minimum atomic E-state index is 0.428. The van der Waals surface area contributed by atoms with E-state index in [0.717, 1.165) is 24.5 Å². The number of nitrogens with two attached hydrogens (primary N) is 1. The molecule has 0 atom stereocenters. The minimum Gasteiger partial charge on any atom is -0.399 e. The smallest absolute Gasteiger partial charge is 0.143 e. The second-order valence-corrected chi connectivity index (χ2v) is 3.61. The molecule has 1 aromatic rings. The molecular weight excluding hydrogens is 206 g/mol. The first-order chi connectivity index (χ1) is 7.83. The highest BCUT2D eigenvalue weighted by molar-refractivity contribution is 5.91. The number of nitrogens with zero attached hydrogens (tertiary/aromatic N) is 4. The largest absolute Gasteiger partial charge is 0.399 e. The van der Waals surface area contributed by atoms with Crippen LogP contribution in [0.15, 0.2) is 11.5 Å². The Hall–Kier alpha value is -1.85. The second kappa shape index (κ2) is 4.78. The van der Waals surface area contributed by atoms with Crippen LogP contribution in [-0.2, 0) is 4.84 Å². The molecular formula is C10H15N5O. The van der Waals surface area contributed by atoms with Crippen LogP contribution in [0, 0.1) is 0 Å². The third-order valence-corrected chi connectivity index (χ3v) is 2.59. The van der Waals surface area contributed by atoms with Gasteiger partial charge in [0.1, 0.15) is 25.1 Å². The normalized spacial score (nSPS) is 15.9. The zero-order valence-electron chi connectivity index (χ0n) is 9.26. The van der Waals surface area contributed by atoms with E-state index in [1.165, 1.54) is 26.3 Å². The van der Waals surface area contributed by atoms with Crippen molar-refractivity contribution in [1.29, 1.82) is 0 Å². The summed E-state index contributed by atoms with van der Waals surface area (Å²) in [6.45, 7) is 2.01. The van der Waals surface area contributed by atoms with E-state index >= 15 is 0 Å². The molecule has 1 aliphatic heterocycles. The second-order valence-electron chi connectivity index (χ2n) is 3.61. The standard InChI is InChI=1S/C10H15N5O/c1-16-14-6-8-9(11)12-7-13-10(8)15-4-2-3-5-15/h6-7H,2-5H2,1H3,(H2,11,12,13)/b14-6+. The molecule has 0 radical (unpaired) electrons. The van der Waals surface area contributed by atoms with Crippen molar-refractivity contribution in [1.82, 2.24) is 9.97 Å². The zero-order chi connectivity index (χ0) is 11.4. The quantitative estimate of drug-likeness (QED) is 0.598. The maximum absolute atomic E-state index is 5.81. The molecule has 16 heavy (non-hydrogen) atoms. The summed E-state index contributed by atoms with van der Waals surface area (Å²) < 4.78 is 0. The predicted octanol–water partition coefficient (Wildman–Crippen LogP) is 0.639. The molecule has 0 aliphatic carbocycles. The number of aromatic nitrogens is 2. The topological polar surface area (TPSA) is 76.6 Å². The Morgan fingerprint density at radius 2 is 2.19 bits per heavy atom.